The second-order valence-electron chi connectivity index (χ2n) is 4.19. The van der Waals surface area contributed by atoms with Gasteiger partial charge >= 0.3 is 12.0 Å². The van der Waals surface area contributed by atoms with Crippen molar-refractivity contribution in [2.45, 2.75) is 32.4 Å². The normalized spacial score (nSPS) is 11.7. The number of nitrogens with zero attached hydrogens (tertiary/aromatic N) is 1. The number of carboxylic acid groups (broad SMARTS) is 1. The van der Waals surface area contributed by atoms with Gasteiger partial charge in [-0.05, 0) is 18.1 Å². The number of aliphatic hydroxyl groups is 1. The van der Waals surface area contributed by atoms with Crippen LogP contribution in [0.25, 0.3) is 0 Å². The van der Waals surface area contributed by atoms with Gasteiger partial charge < -0.3 is 20.8 Å². The van der Waals surface area contributed by atoms with E-state index in [2.05, 4.69) is 15.6 Å². The van der Waals surface area contributed by atoms with E-state index in [4.69, 9.17) is 10.2 Å². The topological polar surface area (TPSA) is 112 Å². The molecule has 1 heterocycles. The summed E-state index contributed by atoms with van der Waals surface area (Å²) < 4.78 is 0. The van der Waals surface area contributed by atoms with E-state index >= 15 is 0 Å². The molecule has 7 heteroatoms. The van der Waals surface area contributed by atoms with Crippen LogP contribution in [-0.4, -0.2) is 39.8 Å². The molecule has 0 fully saturated rings. The Hall–Kier alpha value is -2.15. The van der Waals surface area contributed by atoms with Crippen LogP contribution in [0.1, 0.15) is 24.6 Å². The van der Waals surface area contributed by atoms with Crippen LogP contribution in [0.15, 0.2) is 18.3 Å². The molecule has 110 valence electrons. The van der Waals surface area contributed by atoms with Crippen molar-refractivity contribution >= 4 is 12.0 Å². The molecule has 0 spiro atoms. The molecule has 20 heavy (non-hydrogen) atoms. The van der Waals surface area contributed by atoms with Crippen molar-refractivity contribution in [3.63, 3.8) is 0 Å². The Bertz CT molecular complexity index is 465. The highest BCUT2D eigenvalue weighted by Gasteiger charge is 2.19. The van der Waals surface area contributed by atoms with E-state index in [-0.39, 0.29) is 19.6 Å². The number of nitrogens with one attached hydrogen (secondary N) is 2. The molecule has 4 N–H and O–H groups in total. The van der Waals surface area contributed by atoms with Crippen molar-refractivity contribution in [3.8, 4) is 0 Å². The number of amides is 2. The van der Waals surface area contributed by atoms with Crippen molar-refractivity contribution < 1.29 is 19.8 Å². The molecule has 0 aromatic carbocycles. The first-order valence-electron chi connectivity index (χ1n) is 6.39. The highest BCUT2D eigenvalue weighted by atomic mass is 16.4. The summed E-state index contributed by atoms with van der Waals surface area (Å²) in [5.41, 5.74) is 1.78. The maximum absolute atomic E-state index is 11.6. The first kappa shape index (κ1) is 15.9. The monoisotopic (exact) mass is 281 g/mol. The molecule has 0 radical (unpaired) electrons. The van der Waals surface area contributed by atoms with Gasteiger partial charge in [0.15, 0.2) is 0 Å². The second-order valence-corrected chi connectivity index (χ2v) is 4.19. The van der Waals surface area contributed by atoms with Crippen molar-refractivity contribution in [3.05, 3.63) is 29.6 Å². The van der Waals surface area contributed by atoms with Gasteiger partial charge in [-0.3, -0.25) is 4.98 Å². The lowest BCUT2D eigenvalue weighted by molar-refractivity contribution is -0.139. The molecule has 1 rings (SSSR count). The number of aryl methyl sites for hydroxylation is 1. The molecule has 0 aliphatic carbocycles. The summed E-state index contributed by atoms with van der Waals surface area (Å²) in [4.78, 5) is 26.6. The Morgan fingerprint density at radius 2 is 2.20 bits per heavy atom. The molecule has 0 aliphatic heterocycles. The number of pyridine rings is 1. The van der Waals surface area contributed by atoms with Gasteiger partial charge in [0.05, 0.1) is 12.2 Å². The maximum Gasteiger partial charge on any atom is 0.326 e. The first-order chi connectivity index (χ1) is 9.58. The predicted octanol–water partition coefficient (Wildman–Crippen LogP) is 0.279. The van der Waals surface area contributed by atoms with Crippen molar-refractivity contribution in [2.75, 3.05) is 6.61 Å². The SMILES string of the molecule is CCc1cccnc1CNC(=O)N[C@@H](CCO)C(=O)O. The van der Waals surface area contributed by atoms with Crippen LogP contribution < -0.4 is 10.6 Å². The Morgan fingerprint density at radius 1 is 1.45 bits per heavy atom. The predicted molar refractivity (Wildman–Crippen MR) is 72.1 cm³/mol. The van der Waals surface area contributed by atoms with E-state index in [1.165, 1.54) is 0 Å². The minimum atomic E-state index is -1.18. The van der Waals surface area contributed by atoms with Crippen LogP contribution in [0.5, 0.6) is 0 Å². The lowest BCUT2D eigenvalue weighted by Gasteiger charge is -2.14. The second kappa shape index (κ2) is 8.11. The van der Waals surface area contributed by atoms with Crippen molar-refractivity contribution in [1.82, 2.24) is 15.6 Å². The fourth-order valence-corrected chi connectivity index (χ4v) is 1.71. The van der Waals surface area contributed by atoms with Gasteiger partial charge in [-0.25, -0.2) is 9.59 Å². The first-order valence-corrected chi connectivity index (χ1v) is 6.39. The number of carbonyl (C=O) groups excluding carboxylic acids is 1. The summed E-state index contributed by atoms with van der Waals surface area (Å²) in [5, 5.41) is 22.4. The molecule has 0 bridgehead atoms. The molecule has 0 saturated heterocycles. The summed E-state index contributed by atoms with van der Waals surface area (Å²) in [7, 11) is 0. The number of urea groups is 1. The largest absolute Gasteiger partial charge is 0.480 e. The molecule has 0 aliphatic rings. The Morgan fingerprint density at radius 3 is 2.80 bits per heavy atom. The van der Waals surface area contributed by atoms with E-state index in [0.29, 0.717) is 0 Å². The molecular formula is C13H19N3O4. The van der Waals surface area contributed by atoms with Crippen LogP contribution in [0.2, 0.25) is 0 Å². The summed E-state index contributed by atoms with van der Waals surface area (Å²) >= 11 is 0. The number of hydrogen-bond acceptors (Lipinski definition) is 4. The van der Waals surface area contributed by atoms with Gasteiger partial charge in [0, 0.05) is 19.2 Å². The zero-order valence-electron chi connectivity index (χ0n) is 11.3. The summed E-state index contributed by atoms with van der Waals surface area (Å²) in [6.45, 7) is 1.90. The van der Waals surface area contributed by atoms with Crippen LogP contribution in [0.4, 0.5) is 4.79 Å². The number of aromatic nitrogens is 1. The van der Waals surface area contributed by atoms with Gasteiger partial charge in [-0.1, -0.05) is 13.0 Å². The maximum atomic E-state index is 11.6. The fourth-order valence-electron chi connectivity index (χ4n) is 1.71. The van der Waals surface area contributed by atoms with Crippen LogP contribution in [0, 0.1) is 0 Å². The van der Waals surface area contributed by atoms with Gasteiger partial charge in [0.1, 0.15) is 6.04 Å². The lowest BCUT2D eigenvalue weighted by Crippen LogP contribution is -2.46. The minimum Gasteiger partial charge on any atom is -0.480 e. The Labute approximate surface area is 117 Å². The number of aliphatic carboxylic acids is 1. The van der Waals surface area contributed by atoms with Crippen LogP contribution in [0.3, 0.4) is 0 Å². The smallest absolute Gasteiger partial charge is 0.326 e. The van der Waals surface area contributed by atoms with E-state index in [1.54, 1.807) is 6.20 Å². The van der Waals surface area contributed by atoms with Gasteiger partial charge in [0.25, 0.3) is 0 Å². The average Bonchev–Trinajstić information content (AvgIpc) is 2.44. The zero-order valence-corrected chi connectivity index (χ0v) is 11.3. The minimum absolute atomic E-state index is 0.0352. The van der Waals surface area contributed by atoms with Gasteiger partial charge in [-0.2, -0.15) is 0 Å². The number of aliphatic hydroxyl groups excluding tert-OH is 1. The third-order valence-corrected chi connectivity index (χ3v) is 2.80. The third kappa shape index (κ3) is 4.85. The quantitative estimate of drug-likeness (QED) is 0.573. The molecule has 0 saturated carbocycles. The van der Waals surface area contributed by atoms with E-state index in [9.17, 15) is 9.59 Å². The molecule has 1 aromatic rings. The van der Waals surface area contributed by atoms with Gasteiger partial charge in [-0.15, -0.1) is 0 Å². The Kier molecular flexibility index (Phi) is 6.45. The van der Waals surface area contributed by atoms with E-state index in [0.717, 1.165) is 17.7 Å². The summed E-state index contributed by atoms with van der Waals surface area (Å²) in [6.07, 6.45) is 2.40. The molecule has 1 atom stereocenters. The van der Waals surface area contributed by atoms with Crippen molar-refractivity contribution in [1.29, 1.82) is 0 Å². The number of hydrogen-bond donors (Lipinski definition) is 4. The lowest BCUT2D eigenvalue weighted by atomic mass is 10.1. The summed E-state index contributed by atoms with van der Waals surface area (Å²) in [5.74, 6) is -1.18. The van der Waals surface area contributed by atoms with E-state index in [1.807, 2.05) is 19.1 Å². The molecule has 1 aromatic heterocycles. The third-order valence-electron chi connectivity index (χ3n) is 2.80. The van der Waals surface area contributed by atoms with Gasteiger partial charge in [0.2, 0.25) is 0 Å². The number of rotatable bonds is 7. The number of carboxylic acids is 1. The summed E-state index contributed by atoms with van der Waals surface area (Å²) in [6, 6.07) is 2.05. The molecule has 2 amide bonds. The highest BCUT2D eigenvalue weighted by Crippen LogP contribution is 2.05. The fraction of sp³-hybridized carbons (Fsp3) is 0.462. The average molecular weight is 281 g/mol. The molecular weight excluding hydrogens is 262 g/mol. The van der Waals surface area contributed by atoms with Crippen LogP contribution in [-0.2, 0) is 17.8 Å². The Balaban J connectivity index is 2.52. The number of carbonyl (C=O) groups is 2. The molecule has 0 unspecified atom stereocenters. The van der Waals surface area contributed by atoms with Crippen LogP contribution >= 0.6 is 0 Å². The molecule has 7 nitrogen and oxygen atoms in total. The van der Waals surface area contributed by atoms with E-state index < -0.39 is 18.0 Å². The highest BCUT2D eigenvalue weighted by molar-refractivity contribution is 5.82. The zero-order chi connectivity index (χ0) is 15.0. The van der Waals surface area contributed by atoms with Crippen molar-refractivity contribution in [2.24, 2.45) is 0 Å². The standard InChI is InChI=1S/C13H19N3O4/c1-2-9-4-3-6-14-11(9)8-15-13(20)16-10(5-7-17)12(18)19/h3-4,6,10,17H,2,5,7-8H2,1H3,(H,18,19)(H2,15,16,20)/t10-/m0/s1.